The van der Waals surface area contributed by atoms with E-state index >= 15 is 0 Å². The summed E-state index contributed by atoms with van der Waals surface area (Å²) in [6.07, 6.45) is 0. The largest absolute Gasteiger partial charge is 0.399 e. The first kappa shape index (κ1) is 15.7. The molecule has 114 valence electrons. The van der Waals surface area contributed by atoms with Crippen LogP contribution in [0.15, 0.2) is 27.6 Å². The van der Waals surface area contributed by atoms with Gasteiger partial charge in [0, 0.05) is 18.8 Å². The molecule has 0 aliphatic carbocycles. The quantitative estimate of drug-likeness (QED) is 0.866. The van der Waals surface area contributed by atoms with Gasteiger partial charge in [-0.25, -0.2) is 12.8 Å². The third-order valence-corrected chi connectivity index (χ3v) is 4.84. The third kappa shape index (κ3) is 3.17. The van der Waals surface area contributed by atoms with Crippen molar-refractivity contribution in [2.75, 3.05) is 12.8 Å². The average molecular weight is 334 g/mol. The fourth-order valence-electron chi connectivity index (χ4n) is 1.74. The second kappa shape index (κ2) is 5.63. The van der Waals surface area contributed by atoms with Crippen LogP contribution in [0.25, 0.3) is 0 Å². The summed E-state index contributed by atoms with van der Waals surface area (Å²) in [5.74, 6) is -0.483. The molecule has 0 saturated carbocycles. The molecule has 9 heteroatoms. The van der Waals surface area contributed by atoms with Gasteiger partial charge in [0.25, 0.3) is 0 Å². The van der Waals surface area contributed by atoms with Gasteiger partial charge in [0.05, 0.1) is 17.3 Å². The van der Waals surface area contributed by atoms with Gasteiger partial charge in [-0.1, -0.05) is 16.8 Å². The van der Waals surface area contributed by atoms with Crippen LogP contribution in [-0.4, -0.2) is 24.9 Å². The van der Waals surface area contributed by atoms with E-state index in [2.05, 4.69) is 5.16 Å². The lowest BCUT2D eigenvalue weighted by atomic mass is 10.3. The third-order valence-electron chi connectivity index (χ3n) is 2.77. The van der Waals surface area contributed by atoms with Crippen molar-refractivity contribution in [3.05, 3.63) is 40.5 Å². The van der Waals surface area contributed by atoms with Crippen LogP contribution >= 0.6 is 11.6 Å². The molecule has 2 rings (SSSR count). The van der Waals surface area contributed by atoms with Crippen molar-refractivity contribution in [2.24, 2.45) is 0 Å². The lowest BCUT2D eigenvalue weighted by Crippen LogP contribution is -2.27. The normalized spacial score (nSPS) is 12.0. The zero-order chi connectivity index (χ0) is 15.8. The molecule has 1 aromatic carbocycles. The van der Waals surface area contributed by atoms with E-state index in [0.717, 1.165) is 16.4 Å². The van der Waals surface area contributed by atoms with Gasteiger partial charge in [0.15, 0.2) is 5.82 Å². The summed E-state index contributed by atoms with van der Waals surface area (Å²) in [4.78, 5) is -0.574. The number of anilines is 1. The van der Waals surface area contributed by atoms with Gasteiger partial charge in [-0.3, -0.25) is 0 Å². The highest BCUT2D eigenvalue weighted by molar-refractivity contribution is 7.89. The Morgan fingerprint density at radius 3 is 2.67 bits per heavy atom. The van der Waals surface area contributed by atoms with E-state index in [1.165, 1.54) is 7.05 Å². The highest BCUT2D eigenvalue weighted by Gasteiger charge is 2.27. The van der Waals surface area contributed by atoms with Gasteiger partial charge in [-0.05, 0) is 19.1 Å². The molecule has 0 spiro atoms. The van der Waals surface area contributed by atoms with Crippen molar-refractivity contribution < 1.29 is 17.3 Å². The van der Waals surface area contributed by atoms with Crippen LogP contribution < -0.4 is 5.73 Å². The summed E-state index contributed by atoms with van der Waals surface area (Å²) < 4.78 is 44.5. The Morgan fingerprint density at radius 1 is 1.43 bits per heavy atom. The van der Waals surface area contributed by atoms with Gasteiger partial charge in [-0.15, -0.1) is 0 Å². The van der Waals surface area contributed by atoms with Crippen LogP contribution in [0.1, 0.15) is 11.5 Å². The number of rotatable bonds is 4. The molecule has 0 fully saturated rings. The first-order valence-corrected chi connectivity index (χ1v) is 7.66. The summed E-state index contributed by atoms with van der Waals surface area (Å²) in [6, 6.07) is 3.77. The Morgan fingerprint density at radius 2 is 2.10 bits per heavy atom. The molecule has 0 aliphatic rings. The van der Waals surface area contributed by atoms with E-state index in [1.807, 2.05) is 0 Å². The lowest BCUT2D eigenvalue weighted by Gasteiger charge is -2.17. The molecular formula is C12H13ClFN3O3S. The maximum atomic E-state index is 14.0. The van der Waals surface area contributed by atoms with E-state index in [9.17, 15) is 12.8 Å². The predicted molar refractivity (Wildman–Crippen MR) is 75.7 cm³/mol. The maximum absolute atomic E-state index is 14.0. The van der Waals surface area contributed by atoms with Crippen molar-refractivity contribution in [1.29, 1.82) is 0 Å². The van der Waals surface area contributed by atoms with Gasteiger partial charge in [-0.2, -0.15) is 4.31 Å². The highest BCUT2D eigenvalue weighted by Crippen LogP contribution is 2.28. The smallest absolute Gasteiger partial charge is 0.246 e. The van der Waals surface area contributed by atoms with E-state index in [1.54, 1.807) is 13.0 Å². The Labute approximate surface area is 126 Å². The first-order chi connectivity index (χ1) is 9.71. The Hall–Kier alpha value is -1.64. The van der Waals surface area contributed by atoms with Crippen LogP contribution in [0.4, 0.5) is 10.1 Å². The SMILES string of the molecule is Cc1cc(CN(C)S(=O)(=O)c2cc(N)cc(Cl)c2F)no1. The van der Waals surface area contributed by atoms with Gasteiger partial charge in [0.2, 0.25) is 10.0 Å². The monoisotopic (exact) mass is 333 g/mol. The predicted octanol–water partition coefficient (Wildman–Crippen LogP) is 2.18. The summed E-state index contributed by atoms with van der Waals surface area (Å²) in [7, 11) is -2.79. The molecule has 21 heavy (non-hydrogen) atoms. The van der Waals surface area contributed by atoms with Crippen molar-refractivity contribution in [2.45, 2.75) is 18.4 Å². The minimum Gasteiger partial charge on any atom is -0.399 e. The molecule has 0 saturated heterocycles. The van der Waals surface area contributed by atoms with Crippen LogP contribution in [0.3, 0.4) is 0 Å². The molecule has 6 nitrogen and oxygen atoms in total. The molecule has 1 heterocycles. The lowest BCUT2D eigenvalue weighted by molar-refractivity contribution is 0.377. The van der Waals surface area contributed by atoms with Crippen molar-refractivity contribution in [1.82, 2.24) is 9.46 Å². The Balaban J connectivity index is 2.37. The number of nitrogens with two attached hydrogens (primary N) is 1. The molecule has 2 aromatic rings. The molecule has 0 bridgehead atoms. The molecule has 0 unspecified atom stereocenters. The topological polar surface area (TPSA) is 89.4 Å². The van der Waals surface area contributed by atoms with E-state index in [-0.39, 0.29) is 17.3 Å². The molecule has 2 N–H and O–H groups in total. The number of halogens is 2. The summed E-state index contributed by atoms with van der Waals surface area (Å²) in [5.41, 5.74) is 5.99. The number of hydrogen-bond acceptors (Lipinski definition) is 5. The molecule has 0 aliphatic heterocycles. The van der Waals surface area contributed by atoms with Crippen LogP contribution in [0.5, 0.6) is 0 Å². The fourth-order valence-corrected chi connectivity index (χ4v) is 3.29. The fraction of sp³-hybridized carbons (Fsp3) is 0.250. The second-order valence-corrected chi connectivity index (χ2v) is 6.93. The molecule has 0 radical (unpaired) electrons. The van der Waals surface area contributed by atoms with Crippen LogP contribution in [-0.2, 0) is 16.6 Å². The molecular weight excluding hydrogens is 321 g/mol. The number of nitrogens with zero attached hydrogens (tertiary/aromatic N) is 2. The number of sulfonamides is 1. The summed E-state index contributed by atoms with van der Waals surface area (Å²) in [5, 5.41) is 3.35. The minimum atomic E-state index is -4.09. The molecule has 0 amide bonds. The van der Waals surface area contributed by atoms with Crippen molar-refractivity contribution in [3.8, 4) is 0 Å². The van der Waals surface area contributed by atoms with Gasteiger partial charge < -0.3 is 10.3 Å². The van der Waals surface area contributed by atoms with Crippen LogP contribution in [0, 0.1) is 12.7 Å². The molecule has 0 atom stereocenters. The molecule has 1 aromatic heterocycles. The van der Waals surface area contributed by atoms with Crippen LogP contribution in [0.2, 0.25) is 5.02 Å². The average Bonchev–Trinajstić information content (AvgIpc) is 2.79. The number of aromatic nitrogens is 1. The van der Waals surface area contributed by atoms with E-state index in [0.29, 0.717) is 11.5 Å². The highest BCUT2D eigenvalue weighted by atomic mass is 35.5. The van der Waals surface area contributed by atoms with Gasteiger partial charge >= 0.3 is 0 Å². The standard InChI is InChI=1S/C12H13ClFN3O3S/c1-7-3-9(16-20-7)6-17(2)21(18,19)11-5-8(15)4-10(13)12(11)14/h3-5H,6,15H2,1-2H3. The number of nitrogen functional groups attached to an aromatic ring is 1. The number of benzene rings is 1. The number of aryl methyl sites for hydroxylation is 1. The Kier molecular flexibility index (Phi) is 4.22. The van der Waals surface area contributed by atoms with E-state index < -0.39 is 20.7 Å². The maximum Gasteiger partial charge on any atom is 0.246 e. The zero-order valence-electron chi connectivity index (χ0n) is 11.3. The first-order valence-electron chi connectivity index (χ1n) is 5.85. The number of hydrogen-bond donors (Lipinski definition) is 1. The van der Waals surface area contributed by atoms with E-state index in [4.69, 9.17) is 21.9 Å². The minimum absolute atomic E-state index is 0.0608. The summed E-state index contributed by atoms with van der Waals surface area (Å²) in [6.45, 7) is 1.62. The van der Waals surface area contributed by atoms with Crippen molar-refractivity contribution >= 4 is 27.3 Å². The Bertz CT molecular complexity index is 776. The second-order valence-electron chi connectivity index (χ2n) is 4.50. The van der Waals surface area contributed by atoms with Crippen molar-refractivity contribution in [3.63, 3.8) is 0 Å². The zero-order valence-corrected chi connectivity index (χ0v) is 12.9. The van der Waals surface area contributed by atoms with Gasteiger partial charge in [0.1, 0.15) is 10.7 Å². The summed E-state index contributed by atoms with van der Waals surface area (Å²) >= 11 is 5.63.